The number of hydrogen-bond donors (Lipinski definition) is 2. The third-order valence-corrected chi connectivity index (χ3v) is 5.22. The number of para-hydroxylation sites is 1. The molecule has 1 heterocycles. The van der Waals surface area contributed by atoms with Gasteiger partial charge in [0, 0.05) is 10.2 Å². The Morgan fingerprint density at radius 3 is 2.67 bits per heavy atom. The molecule has 6 nitrogen and oxygen atoms in total. The Bertz CT molecular complexity index is 1260. The first-order chi connectivity index (χ1) is 14.5. The number of methoxy groups -OCH3 is 1. The normalized spacial score (nSPS) is 10.6. The Morgan fingerprint density at radius 1 is 1.10 bits per heavy atom. The van der Waals surface area contributed by atoms with Crippen molar-refractivity contribution in [1.82, 2.24) is 10.3 Å². The summed E-state index contributed by atoms with van der Waals surface area (Å²) in [6.45, 7) is 0. The second kappa shape index (κ2) is 8.64. The van der Waals surface area contributed by atoms with Gasteiger partial charge in [0.2, 0.25) is 5.89 Å². The zero-order chi connectivity index (χ0) is 21.1. The van der Waals surface area contributed by atoms with E-state index in [4.69, 9.17) is 21.4 Å². The second-order valence-electron chi connectivity index (χ2n) is 6.29. The Morgan fingerprint density at radius 2 is 1.87 bits per heavy atom. The number of aromatic nitrogens is 1. The lowest BCUT2D eigenvalue weighted by molar-refractivity contribution is 0.0975. The number of thiocarbonyl (C=S) groups is 1. The van der Waals surface area contributed by atoms with Crippen LogP contribution in [0.2, 0.25) is 0 Å². The van der Waals surface area contributed by atoms with Crippen molar-refractivity contribution < 1.29 is 13.9 Å². The zero-order valence-electron chi connectivity index (χ0n) is 15.8. The smallest absolute Gasteiger partial charge is 0.261 e. The average Bonchev–Trinajstić information content (AvgIpc) is 3.17. The molecule has 1 amide bonds. The van der Waals surface area contributed by atoms with Gasteiger partial charge in [-0.25, -0.2) is 4.98 Å². The molecule has 150 valence electrons. The fourth-order valence-corrected chi connectivity index (χ4v) is 3.58. The first-order valence-electron chi connectivity index (χ1n) is 8.96. The highest BCUT2D eigenvalue weighted by molar-refractivity contribution is 9.10. The first-order valence-corrected chi connectivity index (χ1v) is 10.2. The number of carbonyl (C=O) groups is 1. The molecule has 0 aliphatic heterocycles. The third-order valence-electron chi connectivity index (χ3n) is 4.33. The minimum absolute atomic E-state index is 0.166. The molecule has 0 bridgehead atoms. The van der Waals surface area contributed by atoms with Crippen LogP contribution in [0.1, 0.15) is 10.4 Å². The molecule has 1 aromatic heterocycles. The van der Waals surface area contributed by atoms with Crippen molar-refractivity contribution in [1.29, 1.82) is 0 Å². The summed E-state index contributed by atoms with van der Waals surface area (Å²) in [6, 6.07) is 20.1. The Labute approximate surface area is 186 Å². The van der Waals surface area contributed by atoms with Crippen LogP contribution in [0, 0.1) is 0 Å². The summed E-state index contributed by atoms with van der Waals surface area (Å²) in [4.78, 5) is 17.0. The van der Waals surface area contributed by atoms with Crippen molar-refractivity contribution in [2.24, 2.45) is 0 Å². The number of anilines is 1. The molecule has 30 heavy (non-hydrogen) atoms. The Kier molecular flexibility index (Phi) is 5.78. The van der Waals surface area contributed by atoms with Gasteiger partial charge in [-0.1, -0.05) is 24.3 Å². The van der Waals surface area contributed by atoms with Gasteiger partial charge in [0.1, 0.15) is 11.3 Å². The molecule has 0 saturated heterocycles. The highest BCUT2D eigenvalue weighted by Gasteiger charge is 2.14. The molecule has 0 unspecified atom stereocenters. The van der Waals surface area contributed by atoms with Crippen LogP contribution in [0.5, 0.6) is 5.75 Å². The number of amides is 1. The molecular formula is C22H16BrN3O3S. The third kappa shape index (κ3) is 4.19. The molecule has 0 fully saturated rings. The van der Waals surface area contributed by atoms with E-state index in [-0.39, 0.29) is 11.0 Å². The minimum atomic E-state index is -0.358. The van der Waals surface area contributed by atoms with Crippen LogP contribution in [0.4, 0.5) is 5.69 Å². The van der Waals surface area contributed by atoms with Crippen molar-refractivity contribution in [2.75, 3.05) is 12.4 Å². The number of fused-ring (bicyclic) bond motifs is 1. The molecular weight excluding hydrogens is 466 g/mol. The lowest BCUT2D eigenvalue weighted by Crippen LogP contribution is -2.34. The summed E-state index contributed by atoms with van der Waals surface area (Å²) >= 11 is 8.79. The maximum Gasteiger partial charge on any atom is 0.261 e. The quantitative estimate of drug-likeness (QED) is 0.380. The van der Waals surface area contributed by atoms with Crippen LogP contribution in [-0.4, -0.2) is 23.1 Å². The van der Waals surface area contributed by atoms with Crippen LogP contribution in [0.3, 0.4) is 0 Å². The number of hydrogen-bond acceptors (Lipinski definition) is 5. The van der Waals surface area contributed by atoms with E-state index in [0.29, 0.717) is 34.0 Å². The Hall–Kier alpha value is -3.23. The van der Waals surface area contributed by atoms with Gasteiger partial charge in [-0.3, -0.25) is 10.1 Å². The first kappa shape index (κ1) is 20.1. The summed E-state index contributed by atoms with van der Waals surface area (Å²) in [5.41, 5.74) is 3.26. The van der Waals surface area contributed by atoms with Crippen LogP contribution < -0.4 is 15.4 Å². The van der Waals surface area contributed by atoms with Gasteiger partial charge in [-0.15, -0.1) is 0 Å². The summed E-state index contributed by atoms with van der Waals surface area (Å²) < 4.78 is 12.0. The Balaban J connectivity index is 1.50. The predicted molar refractivity (Wildman–Crippen MR) is 124 cm³/mol. The molecule has 0 atom stereocenters. The molecule has 0 aliphatic rings. The van der Waals surface area contributed by atoms with Crippen molar-refractivity contribution in [2.45, 2.75) is 0 Å². The van der Waals surface area contributed by atoms with Crippen LogP contribution in [-0.2, 0) is 0 Å². The van der Waals surface area contributed by atoms with Crippen molar-refractivity contribution in [3.05, 3.63) is 76.8 Å². The molecule has 0 radical (unpaired) electrons. The maximum absolute atomic E-state index is 12.5. The van der Waals surface area contributed by atoms with E-state index in [1.165, 1.54) is 7.11 Å². The maximum atomic E-state index is 12.5. The molecule has 2 N–H and O–H groups in total. The zero-order valence-corrected chi connectivity index (χ0v) is 18.2. The van der Waals surface area contributed by atoms with Crippen molar-refractivity contribution in [3.63, 3.8) is 0 Å². The largest absolute Gasteiger partial charge is 0.496 e. The van der Waals surface area contributed by atoms with E-state index in [0.717, 1.165) is 10.0 Å². The standard InChI is InChI=1S/C22H16BrN3O3S/c1-28-18-9-5-3-7-15(18)20(27)26-22(30)24-13-10-11-19-17(12-13)25-21(29-19)14-6-2-4-8-16(14)23/h2-12H,1H3,(H2,24,26,27,30). The van der Waals surface area contributed by atoms with Crippen molar-refractivity contribution >= 4 is 56.0 Å². The van der Waals surface area contributed by atoms with E-state index >= 15 is 0 Å². The highest BCUT2D eigenvalue weighted by Crippen LogP contribution is 2.30. The van der Waals surface area contributed by atoms with Crippen LogP contribution in [0.25, 0.3) is 22.6 Å². The fourth-order valence-electron chi connectivity index (χ4n) is 2.92. The number of nitrogens with one attached hydrogen (secondary N) is 2. The summed E-state index contributed by atoms with van der Waals surface area (Å²) in [5, 5.41) is 5.82. The van der Waals surface area contributed by atoms with Crippen LogP contribution >= 0.6 is 28.1 Å². The number of nitrogens with zero attached hydrogens (tertiary/aromatic N) is 1. The number of carbonyl (C=O) groups excluding carboxylic acids is 1. The minimum Gasteiger partial charge on any atom is -0.496 e. The topological polar surface area (TPSA) is 76.4 Å². The molecule has 4 rings (SSSR count). The predicted octanol–water partition coefficient (Wildman–Crippen LogP) is 5.39. The lowest BCUT2D eigenvalue weighted by Gasteiger charge is -2.11. The summed E-state index contributed by atoms with van der Waals surface area (Å²) in [6.07, 6.45) is 0. The molecule has 8 heteroatoms. The number of halogens is 1. The number of rotatable bonds is 4. The summed E-state index contributed by atoms with van der Waals surface area (Å²) in [5.74, 6) is 0.631. The molecule has 0 aliphatic carbocycles. The molecule has 3 aromatic carbocycles. The summed E-state index contributed by atoms with van der Waals surface area (Å²) in [7, 11) is 1.51. The lowest BCUT2D eigenvalue weighted by atomic mass is 10.2. The van der Waals surface area contributed by atoms with E-state index in [2.05, 4.69) is 31.5 Å². The number of benzene rings is 3. The molecule has 4 aromatic rings. The van der Waals surface area contributed by atoms with E-state index in [1.54, 1.807) is 42.5 Å². The van der Waals surface area contributed by atoms with E-state index < -0.39 is 0 Å². The van der Waals surface area contributed by atoms with Gasteiger partial charge >= 0.3 is 0 Å². The van der Waals surface area contributed by atoms with Gasteiger partial charge in [-0.2, -0.15) is 0 Å². The van der Waals surface area contributed by atoms with Gasteiger partial charge in [0.25, 0.3) is 5.91 Å². The van der Waals surface area contributed by atoms with Gasteiger partial charge < -0.3 is 14.5 Å². The van der Waals surface area contributed by atoms with E-state index in [9.17, 15) is 4.79 Å². The van der Waals surface area contributed by atoms with Crippen LogP contribution in [0.15, 0.2) is 75.6 Å². The average molecular weight is 482 g/mol. The number of oxazole rings is 1. The highest BCUT2D eigenvalue weighted by atomic mass is 79.9. The van der Waals surface area contributed by atoms with Gasteiger partial charge in [0.05, 0.1) is 18.2 Å². The molecule has 0 spiro atoms. The second-order valence-corrected chi connectivity index (χ2v) is 7.55. The van der Waals surface area contributed by atoms with E-state index in [1.807, 2.05) is 24.3 Å². The molecule has 0 saturated carbocycles. The van der Waals surface area contributed by atoms with Gasteiger partial charge in [0.15, 0.2) is 10.7 Å². The van der Waals surface area contributed by atoms with Crippen molar-refractivity contribution in [3.8, 4) is 17.2 Å². The SMILES string of the molecule is COc1ccccc1C(=O)NC(=S)Nc1ccc2oc(-c3ccccc3Br)nc2c1. The fraction of sp³-hybridized carbons (Fsp3) is 0.0455. The number of ether oxygens (including phenoxy) is 1. The monoisotopic (exact) mass is 481 g/mol. The van der Waals surface area contributed by atoms with Gasteiger partial charge in [-0.05, 0) is 70.6 Å².